The Morgan fingerprint density at radius 2 is 2.04 bits per heavy atom. The molecular weight excluding hydrogens is 368 g/mol. The van der Waals surface area contributed by atoms with E-state index in [0.717, 1.165) is 13.8 Å². The van der Waals surface area contributed by atoms with Gasteiger partial charge in [0, 0.05) is 18.3 Å². The quantitative estimate of drug-likeness (QED) is 0.764. The van der Waals surface area contributed by atoms with Gasteiger partial charge in [0.2, 0.25) is 5.13 Å². The van der Waals surface area contributed by atoms with Gasteiger partial charge in [0.05, 0.1) is 5.56 Å². The SMILES string of the molecule is CC(C)Nc1nnc(SCCN2C(=O)c3ccccc3S2(=O)=O)s1. The Balaban J connectivity index is 1.64. The fourth-order valence-corrected chi connectivity index (χ4v) is 5.82. The molecule has 0 spiro atoms. The molecule has 24 heavy (non-hydrogen) atoms. The van der Waals surface area contributed by atoms with E-state index in [1.165, 1.54) is 35.2 Å². The molecule has 1 aromatic heterocycles. The fraction of sp³-hybridized carbons (Fsp3) is 0.357. The predicted molar refractivity (Wildman–Crippen MR) is 94.1 cm³/mol. The molecule has 1 aliphatic rings. The molecule has 1 amide bonds. The summed E-state index contributed by atoms with van der Waals surface area (Å²) in [6, 6.07) is 6.55. The molecule has 0 aliphatic carbocycles. The maximum atomic E-state index is 12.4. The van der Waals surface area contributed by atoms with Crippen LogP contribution in [-0.2, 0) is 10.0 Å². The third kappa shape index (κ3) is 3.26. The number of thioether (sulfide) groups is 1. The van der Waals surface area contributed by atoms with Crippen molar-refractivity contribution in [2.75, 3.05) is 17.6 Å². The lowest BCUT2D eigenvalue weighted by atomic mass is 10.2. The van der Waals surface area contributed by atoms with Crippen LogP contribution in [0.2, 0.25) is 0 Å². The van der Waals surface area contributed by atoms with Crippen molar-refractivity contribution < 1.29 is 13.2 Å². The number of anilines is 1. The van der Waals surface area contributed by atoms with Gasteiger partial charge in [0.1, 0.15) is 4.90 Å². The highest BCUT2D eigenvalue weighted by atomic mass is 32.2. The number of aromatic nitrogens is 2. The van der Waals surface area contributed by atoms with Crippen LogP contribution in [0.5, 0.6) is 0 Å². The highest BCUT2D eigenvalue weighted by Crippen LogP contribution is 2.31. The molecule has 3 rings (SSSR count). The molecular formula is C14H16N4O3S3. The number of rotatable bonds is 6. The molecule has 1 N–H and O–H groups in total. The monoisotopic (exact) mass is 384 g/mol. The zero-order valence-corrected chi connectivity index (χ0v) is 15.5. The molecule has 10 heteroatoms. The Kier molecular flexibility index (Phi) is 4.79. The van der Waals surface area contributed by atoms with Crippen molar-refractivity contribution in [1.29, 1.82) is 0 Å². The molecule has 0 bridgehead atoms. The van der Waals surface area contributed by atoms with Crippen LogP contribution in [0.4, 0.5) is 5.13 Å². The summed E-state index contributed by atoms with van der Waals surface area (Å²) in [4.78, 5) is 12.4. The van der Waals surface area contributed by atoms with Gasteiger partial charge < -0.3 is 5.32 Å². The minimum atomic E-state index is -3.74. The summed E-state index contributed by atoms with van der Waals surface area (Å²) in [5.41, 5.74) is 0.238. The summed E-state index contributed by atoms with van der Waals surface area (Å²) < 4.78 is 26.5. The predicted octanol–water partition coefficient (Wildman–Crippen LogP) is 2.30. The first-order chi connectivity index (χ1) is 11.4. The Labute approximate surface area is 148 Å². The summed E-state index contributed by atoms with van der Waals surface area (Å²) >= 11 is 2.79. The smallest absolute Gasteiger partial charge is 0.269 e. The number of fused-ring (bicyclic) bond motifs is 1. The maximum Gasteiger partial charge on any atom is 0.269 e. The van der Waals surface area contributed by atoms with E-state index in [4.69, 9.17) is 0 Å². The van der Waals surface area contributed by atoms with Crippen LogP contribution in [0.1, 0.15) is 24.2 Å². The number of carbonyl (C=O) groups excluding carboxylic acids is 1. The highest BCUT2D eigenvalue weighted by molar-refractivity contribution is 8.01. The van der Waals surface area contributed by atoms with Crippen molar-refractivity contribution in [1.82, 2.24) is 14.5 Å². The molecule has 128 valence electrons. The van der Waals surface area contributed by atoms with E-state index in [2.05, 4.69) is 15.5 Å². The van der Waals surface area contributed by atoms with Crippen molar-refractivity contribution in [3.8, 4) is 0 Å². The van der Waals surface area contributed by atoms with Crippen LogP contribution >= 0.6 is 23.1 Å². The number of hydrogen-bond acceptors (Lipinski definition) is 8. The van der Waals surface area contributed by atoms with Gasteiger partial charge in [-0.25, -0.2) is 12.7 Å². The molecule has 0 radical (unpaired) electrons. The number of carbonyl (C=O) groups is 1. The van der Waals surface area contributed by atoms with Crippen molar-refractivity contribution in [2.45, 2.75) is 29.1 Å². The van der Waals surface area contributed by atoms with Crippen LogP contribution in [0.25, 0.3) is 0 Å². The Hall–Kier alpha value is -1.65. The van der Waals surface area contributed by atoms with Gasteiger partial charge in [-0.05, 0) is 26.0 Å². The highest BCUT2D eigenvalue weighted by Gasteiger charge is 2.40. The zero-order valence-electron chi connectivity index (χ0n) is 13.1. The van der Waals surface area contributed by atoms with Gasteiger partial charge >= 0.3 is 0 Å². The van der Waals surface area contributed by atoms with E-state index in [1.807, 2.05) is 13.8 Å². The van der Waals surface area contributed by atoms with Crippen LogP contribution < -0.4 is 5.32 Å². The molecule has 0 fully saturated rings. The number of amides is 1. The standard InChI is InChI=1S/C14H16N4O3S3/c1-9(2)15-13-16-17-14(23-13)22-8-7-18-12(19)10-5-3-4-6-11(10)24(18,20)21/h3-6,9H,7-8H2,1-2H3,(H,15,16). The Bertz CT molecular complexity index is 864. The second kappa shape index (κ2) is 6.69. The molecule has 0 atom stereocenters. The molecule has 1 aliphatic heterocycles. The van der Waals surface area contributed by atoms with Crippen molar-refractivity contribution in [2.24, 2.45) is 0 Å². The third-order valence-corrected chi connectivity index (χ3v) is 7.06. The number of sulfonamides is 1. The van der Waals surface area contributed by atoms with Gasteiger partial charge in [-0.2, -0.15) is 0 Å². The number of nitrogens with zero attached hydrogens (tertiary/aromatic N) is 3. The minimum absolute atomic E-state index is 0.0827. The number of nitrogens with one attached hydrogen (secondary N) is 1. The number of hydrogen-bond donors (Lipinski definition) is 1. The molecule has 1 aromatic carbocycles. The zero-order chi connectivity index (χ0) is 17.3. The van der Waals surface area contributed by atoms with Crippen molar-refractivity contribution >= 4 is 44.2 Å². The Morgan fingerprint density at radius 3 is 2.75 bits per heavy atom. The largest absolute Gasteiger partial charge is 0.358 e. The van der Waals surface area contributed by atoms with Gasteiger partial charge in [-0.3, -0.25) is 4.79 Å². The Morgan fingerprint density at radius 1 is 1.29 bits per heavy atom. The molecule has 0 unspecified atom stereocenters. The average Bonchev–Trinajstić information content (AvgIpc) is 3.04. The van der Waals surface area contributed by atoms with E-state index < -0.39 is 15.9 Å². The summed E-state index contributed by atoms with van der Waals surface area (Å²) in [5, 5.41) is 12.0. The van der Waals surface area contributed by atoms with E-state index >= 15 is 0 Å². The lowest BCUT2D eigenvalue weighted by molar-refractivity contribution is 0.0876. The van der Waals surface area contributed by atoms with Gasteiger partial charge in [-0.1, -0.05) is 35.2 Å². The first-order valence-electron chi connectivity index (χ1n) is 7.28. The normalized spacial score (nSPS) is 15.8. The lowest BCUT2D eigenvalue weighted by Gasteiger charge is -2.13. The average molecular weight is 385 g/mol. The fourth-order valence-electron chi connectivity index (χ4n) is 2.24. The van der Waals surface area contributed by atoms with Gasteiger partial charge in [0.15, 0.2) is 4.34 Å². The summed E-state index contributed by atoms with van der Waals surface area (Å²) in [5.74, 6) is -0.0411. The first-order valence-corrected chi connectivity index (χ1v) is 10.5. The molecule has 2 heterocycles. The maximum absolute atomic E-state index is 12.4. The van der Waals surface area contributed by atoms with E-state index in [1.54, 1.807) is 12.1 Å². The third-order valence-electron chi connectivity index (χ3n) is 3.25. The first kappa shape index (κ1) is 17.2. The topological polar surface area (TPSA) is 92.3 Å². The molecule has 7 nitrogen and oxygen atoms in total. The van der Waals surface area contributed by atoms with Crippen molar-refractivity contribution in [3.63, 3.8) is 0 Å². The van der Waals surface area contributed by atoms with E-state index in [0.29, 0.717) is 5.75 Å². The van der Waals surface area contributed by atoms with Crippen LogP contribution in [0, 0.1) is 0 Å². The van der Waals surface area contributed by atoms with Crippen molar-refractivity contribution in [3.05, 3.63) is 29.8 Å². The second-order valence-corrected chi connectivity index (χ2v) is 9.55. The lowest BCUT2D eigenvalue weighted by Crippen LogP contribution is -2.32. The van der Waals surface area contributed by atoms with Crippen LogP contribution in [0.3, 0.4) is 0 Å². The summed E-state index contributed by atoms with van der Waals surface area (Å²) in [7, 11) is -3.74. The summed E-state index contributed by atoms with van der Waals surface area (Å²) in [6.07, 6.45) is 0. The molecule has 0 saturated heterocycles. The summed E-state index contributed by atoms with van der Waals surface area (Å²) in [6.45, 7) is 4.12. The van der Waals surface area contributed by atoms with E-state index in [-0.39, 0.29) is 23.0 Å². The molecule has 2 aromatic rings. The second-order valence-electron chi connectivity index (χ2n) is 5.40. The van der Waals surface area contributed by atoms with Gasteiger partial charge in [0.25, 0.3) is 15.9 Å². The number of benzene rings is 1. The van der Waals surface area contributed by atoms with Crippen LogP contribution in [0.15, 0.2) is 33.5 Å². The van der Waals surface area contributed by atoms with Crippen LogP contribution in [-0.4, -0.2) is 47.2 Å². The van der Waals surface area contributed by atoms with Gasteiger partial charge in [-0.15, -0.1) is 10.2 Å². The van der Waals surface area contributed by atoms with E-state index in [9.17, 15) is 13.2 Å². The molecule has 0 saturated carbocycles. The minimum Gasteiger partial charge on any atom is -0.358 e.